The van der Waals surface area contributed by atoms with Crippen LogP contribution in [0.5, 0.6) is 0 Å². The number of nitrogens with zero attached hydrogens (tertiary/aromatic N) is 1. The van der Waals surface area contributed by atoms with Crippen LogP contribution in [0, 0.1) is 5.92 Å². The lowest BCUT2D eigenvalue weighted by atomic mass is 9.98. The first-order valence-electron chi connectivity index (χ1n) is 4.91. The summed E-state index contributed by atoms with van der Waals surface area (Å²) in [5.74, 6) is 1.07. The van der Waals surface area contributed by atoms with E-state index in [-0.39, 0.29) is 12.1 Å². The molecule has 4 heteroatoms. The van der Waals surface area contributed by atoms with Crippen molar-refractivity contribution >= 4 is 5.82 Å². The number of hydrogen-bond donors (Lipinski definition) is 3. The minimum atomic E-state index is -0.184. The number of aromatic nitrogens is 1. The van der Waals surface area contributed by atoms with Crippen LogP contribution in [-0.2, 0) is 0 Å². The van der Waals surface area contributed by atoms with E-state index in [1.54, 1.807) is 6.20 Å². The molecule has 0 aromatic carbocycles. The van der Waals surface area contributed by atoms with Crippen molar-refractivity contribution in [3.8, 4) is 0 Å². The van der Waals surface area contributed by atoms with Crippen LogP contribution in [0.15, 0.2) is 18.3 Å². The number of hydrogen-bond acceptors (Lipinski definition) is 4. The Bertz CT molecular complexity index is 322. The molecule has 14 heavy (non-hydrogen) atoms. The van der Waals surface area contributed by atoms with Gasteiger partial charge < -0.3 is 17.2 Å². The molecule has 1 saturated carbocycles. The Labute approximate surface area is 83.5 Å². The van der Waals surface area contributed by atoms with Crippen LogP contribution < -0.4 is 17.2 Å². The molecular weight excluding hydrogens is 176 g/mol. The molecule has 2 rings (SSSR count). The molecule has 4 nitrogen and oxygen atoms in total. The second-order valence-electron chi connectivity index (χ2n) is 3.92. The normalized spacial score (nSPS) is 20.4. The van der Waals surface area contributed by atoms with E-state index in [2.05, 4.69) is 4.98 Å². The Morgan fingerprint density at radius 1 is 1.36 bits per heavy atom. The summed E-state index contributed by atoms with van der Waals surface area (Å²) in [5, 5.41) is 0. The lowest BCUT2D eigenvalue weighted by Gasteiger charge is -2.20. The van der Waals surface area contributed by atoms with Crippen molar-refractivity contribution in [3.05, 3.63) is 23.9 Å². The lowest BCUT2D eigenvalue weighted by Crippen LogP contribution is -2.36. The van der Waals surface area contributed by atoms with Gasteiger partial charge in [-0.2, -0.15) is 0 Å². The highest BCUT2D eigenvalue weighted by Crippen LogP contribution is 2.36. The third-order valence-electron chi connectivity index (χ3n) is 2.81. The monoisotopic (exact) mass is 192 g/mol. The highest BCUT2D eigenvalue weighted by atomic mass is 14.9. The first kappa shape index (κ1) is 9.43. The molecule has 0 amide bonds. The summed E-state index contributed by atoms with van der Waals surface area (Å²) >= 11 is 0. The highest BCUT2D eigenvalue weighted by molar-refractivity contribution is 5.41. The van der Waals surface area contributed by atoms with Gasteiger partial charge in [-0.05, 0) is 24.8 Å². The van der Waals surface area contributed by atoms with Crippen molar-refractivity contribution in [2.75, 3.05) is 5.73 Å². The van der Waals surface area contributed by atoms with Crippen LogP contribution in [0.3, 0.4) is 0 Å². The van der Waals surface area contributed by atoms with E-state index in [1.807, 2.05) is 12.1 Å². The van der Waals surface area contributed by atoms with Crippen molar-refractivity contribution in [1.29, 1.82) is 0 Å². The summed E-state index contributed by atoms with van der Waals surface area (Å²) < 4.78 is 0. The molecule has 0 aliphatic heterocycles. The molecule has 6 N–H and O–H groups in total. The molecule has 1 heterocycles. The molecule has 1 aliphatic rings. The van der Waals surface area contributed by atoms with Gasteiger partial charge in [0, 0.05) is 23.8 Å². The van der Waals surface area contributed by atoms with E-state index in [0.717, 1.165) is 5.56 Å². The summed E-state index contributed by atoms with van der Waals surface area (Å²) in [7, 11) is 0. The topological polar surface area (TPSA) is 90.9 Å². The van der Waals surface area contributed by atoms with Gasteiger partial charge in [-0.1, -0.05) is 6.07 Å². The molecule has 1 aromatic heterocycles. The molecule has 1 aromatic rings. The van der Waals surface area contributed by atoms with Gasteiger partial charge in [0.1, 0.15) is 5.82 Å². The second kappa shape index (κ2) is 3.55. The predicted molar refractivity (Wildman–Crippen MR) is 56.3 cm³/mol. The maximum atomic E-state index is 6.04. The predicted octanol–water partition coefficient (Wildman–Crippen LogP) is 0.401. The standard InChI is InChI=1S/C10H16N4/c11-8(6-3-4-6)9(12)7-2-1-5-14-10(7)13/h1-2,5-6,8-9H,3-4,11-12H2,(H2,13,14). The van der Waals surface area contributed by atoms with E-state index >= 15 is 0 Å². The van der Waals surface area contributed by atoms with Gasteiger partial charge >= 0.3 is 0 Å². The minimum Gasteiger partial charge on any atom is -0.383 e. The second-order valence-corrected chi connectivity index (χ2v) is 3.92. The van der Waals surface area contributed by atoms with Gasteiger partial charge in [0.2, 0.25) is 0 Å². The molecule has 0 radical (unpaired) electrons. The van der Waals surface area contributed by atoms with Crippen molar-refractivity contribution in [1.82, 2.24) is 4.98 Å². The zero-order valence-electron chi connectivity index (χ0n) is 8.06. The average Bonchev–Trinajstić information content (AvgIpc) is 3.00. The number of anilines is 1. The molecular formula is C10H16N4. The van der Waals surface area contributed by atoms with Gasteiger partial charge in [-0.15, -0.1) is 0 Å². The zero-order chi connectivity index (χ0) is 10.1. The van der Waals surface area contributed by atoms with Gasteiger partial charge in [0.15, 0.2) is 0 Å². The molecule has 0 spiro atoms. The van der Waals surface area contributed by atoms with E-state index in [9.17, 15) is 0 Å². The molecule has 76 valence electrons. The van der Waals surface area contributed by atoms with Gasteiger partial charge in [0.25, 0.3) is 0 Å². The maximum absolute atomic E-state index is 6.04. The van der Waals surface area contributed by atoms with Crippen LogP contribution in [0.2, 0.25) is 0 Å². The third-order valence-corrected chi connectivity index (χ3v) is 2.81. The number of pyridine rings is 1. The van der Waals surface area contributed by atoms with Crippen LogP contribution in [0.4, 0.5) is 5.82 Å². The van der Waals surface area contributed by atoms with E-state index in [1.165, 1.54) is 12.8 Å². The van der Waals surface area contributed by atoms with Crippen LogP contribution in [0.1, 0.15) is 24.4 Å². The minimum absolute atomic E-state index is 0.0153. The van der Waals surface area contributed by atoms with E-state index in [4.69, 9.17) is 17.2 Å². The fraction of sp³-hybridized carbons (Fsp3) is 0.500. The third kappa shape index (κ3) is 1.71. The van der Waals surface area contributed by atoms with Gasteiger partial charge in [0.05, 0.1) is 0 Å². The van der Waals surface area contributed by atoms with Gasteiger partial charge in [-0.3, -0.25) is 0 Å². The summed E-state index contributed by atoms with van der Waals surface area (Å²) in [6.07, 6.45) is 4.04. The molecule has 0 bridgehead atoms. The zero-order valence-corrected chi connectivity index (χ0v) is 8.06. The Kier molecular flexibility index (Phi) is 2.39. The first-order valence-corrected chi connectivity index (χ1v) is 4.91. The summed E-state index contributed by atoms with van der Waals surface area (Å²) in [6.45, 7) is 0. The molecule has 2 atom stereocenters. The quantitative estimate of drug-likeness (QED) is 0.646. The number of nitrogens with two attached hydrogens (primary N) is 3. The largest absolute Gasteiger partial charge is 0.383 e. The molecule has 2 unspecified atom stereocenters. The van der Waals surface area contributed by atoms with Crippen LogP contribution >= 0.6 is 0 Å². The van der Waals surface area contributed by atoms with Crippen LogP contribution in [0.25, 0.3) is 0 Å². The van der Waals surface area contributed by atoms with Crippen molar-refractivity contribution in [2.24, 2.45) is 17.4 Å². The molecule has 1 fully saturated rings. The maximum Gasteiger partial charge on any atom is 0.128 e. The highest BCUT2D eigenvalue weighted by Gasteiger charge is 2.33. The summed E-state index contributed by atoms with van der Waals surface area (Å²) in [6, 6.07) is 3.57. The number of rotatable bonds is 3. The Morgan fingerprint density at radius 2 is 2.07 bits per heavy atom. The Balaban J connectivity index is 2.17. The smallest absolute Gasteiger partial charge is 0.128 e. The van der Waals surface area contributed by atoms with E-state index < -0.39 is 0 Å². The lowest BCUT2D eigenvalue weighted by molar-refractivity contribution is 0.494. The van der Waals surface area contributed by atoms with Crippen molar-refractivity contribution < 1.29 is 0 Å². The number of nitrogen functional groups attached to an aromatic ring is 1. The average molecular weight is 192 g/mol. The van der Waals surface area contributed by atoms with E-state index in [0.29, 0.717) is 11.7 Å². The fourth-order valence-electron chi connectivity index (χ4n) is 1.69. The van der Waals surface area contributed by atoms with Crippen molar-refractivity contribution in [3.63, 3.8) is 0 Å². The Morgan fingerprint density at radius 3 is 2.64 bits per heavy atom. The summed E-state index contributed by atoms with van der Waals surface area (Å²) in [4.78, 5) is 4.00. The first-order chi connectivity index (χ1) is 6.70. The summed E-state index contributed by atoms with van der Waals surface area (Å²) in [5.41, 5.74) is 18.7. The fourth-order valence-corrected chi connectivity index (χ4v) is 1.69. The Hall–Kier alpha value is -1.13. The van der Waals surface area contributed by atoms with Gasteiger partial charge in [-0.25, -0.2) is 4.98 Å². The molecule has 0 saturated heterocycles. The molecule has 1 aliphatic carbocycles. The SMILES string of the molecule is Nc1ncccc1C(N)C(N)C1CC1. The van der Waals surface area contributed by atoms with Crippen molar-refractivity contribution in [2.45, 2.75) is 24.9 Å². The van der Waals surface area contributed by atoms with Crippen LogP contribution in [-0.4, -0.2) is 11.0 Å².